The molecule has 0 saturated carbocycles. The van der Waals surface area contributed by atoms with Crippen LogP contribution in [0.4, 0.5) is 0 Å². The fourth-order valence-corrected chi connectivity index (χ4v) is 6.47. The van der Waals surface area contributed by atoms with Crippen molar-refractivity contribution in [3.8, 4) is 40.7 Å². The summed E-state index contributed by atoms with van der Waals surface area (Å²) in [5.41, 5.74) is 9.37. The van der Waals surface area contributed by atoms with Crippen molar-refractivity contribution < 1.29 is 0 Å². The van der Waals surface area contributed by atoms with Crippen molar-refractivity contribution in [2.45, 2.75) is 0 Å². The maximum Gasteiger partial charge on any atom is 0.101 e. The molecule has 0 bridgehead atoms. The molecule has 0 amide bonds. The summed E-state index contributed by atoms with van der Waals surface area (Å²) >= 11 is 0. The van der Waals surface area contributed by atoms with Gasteiger partial charge >= 0.3 is 0 Å². The molecule has 2 heterocycles. The van der Waals surface area contributed by atoms with E-state index in [1.807, 2.05) is 48.5 Å². The first kappa shape index (κ1) is 25.1. The van der Waals surface area contributed by atoms with Crippen molar-refractivity contribution in [3.05, 3.63) is 144 Å². The lowest BCUT2D eigenvalue weighted by atomic mass is 10.0. The van der Waals surface area contributed by atoms with Gasteiger partial charge in [0.05, 0.1) is 56.2 Å². The van der Waals surface area contributed by atoms with Gasteiger partial charge in [-0.05, 0) is 77.9 Å². The van der Waals surface area contributed by atoms with Crippen molar-refractivity contribution in [2.75, 3.05) is 0 Å². The van der Waals surface area contributed by atoms with E-state index in [9.17, 15) is 15.8 Å². The first-order chi connectivity index (χ1) is 21.7. The lowest BCUT2D eigenvalue weighted by Crippen LogP contribution is -1.98. The maximum absolute atomic E-state index is 9.92. The number of para-hydroxylation sites is 3. The smallest absolute Gasteiger partial charge is 0.101 e. The molecule has 0 aliphatic carbocycles. The third kappa shape index (κ3) is 3.63. The third-order valence-corrected chi connectivity index (χ3v) is 8.43. The predicted octanol–water partition coefficient (Wildman–Crippen LogP) is 9.16. The Morgan fingerprint density at radius 3 is 1.48 bits per heavy atom. The van der Waals surface area contributed by atoms with Crippen LogP contribution >= 0.6 is 0 Å². The van der Waals surface area contributed by atoms with E-state index < -0.39 is 0 Å². The molecule has 0 aliphatic heterocycles. The molecular weight excluding hydrogens is 538 g/mol. The summed E-state index contributed by atoms with van der Waals surface area (Å²) in [6, 6.07) is 49.1. The van der Waals surface area contributed by atoms with Crippen LogP contribution in [0.1, 0.15) is 16.7 Å². The van der Waals surface area contributed by atoms with E-state index in [0.717, 1.165) is 60.4 Å². The van der Waals surface area contributed by atoms with Crippen molar-refractivity contribution in [1.29, 1.82) is 15.8 Å². The molecule has 0 N–H and O–H groups in total. The van der Waals surface area contributed by atoms with Crippen LogP contribution in [0, 0.1) is 34.0 Å². The maximum atomic E-state index is 9.92. The quantitative estimate of drug-likeness (QED) is 0.216. The normalized spacial score (nSPS) is 11.1. The lowest BCUT2D eigenvalue weighted by molar-refractivity contribution is 1.16. The average Bonchev–Trinajstić information content (AvgIpc) is 3.60. The van der Waals surface area contributed by atoms with Crippen LogP contribution in [0.2, 0.25) is 0 Å². The molecule has 0 saturated heterocycles. The van der Waals surface area contributed by atoms with Crippen LogP contribution in [-0.2, 0) is 0 Å². The zero-order chi connectivity index (χ0) is 29.8. The Hall–Kier alpha value is -6.61. The minimum Gasteiger partial charge on any atom is -0.308 e. The zero-order valence-corrected chi connectivity index (χ0v) is 23.4. The van der Waals surface area contributed by atoms with Crippen LogP contribution in [0.25, 0.3) is 66.1 Å². The second-order valence-corrected chi connectivity index (χ2v) is 10.8. The summed E-state index contributed by atoms with van der Waals surface area (Å²) < 4.78 is 4.25. The predicted molar refractivity (Wildman–Crippen MR) is 175 cm³/mol. The van der Waals surface area contributed by atoms with Crippen LogP contribution in [-0.4, -0.2) is 9.13 Å². The summed E-state index contributed by atoms with van der Waals surface area (Å²) in [7, 11) is 0. The van der Waals surface area contributed by atoms with Gasteiger partial charge in [0.1, 0.15) is 12.1 Å². The number of rotatable bonds is 3. The minimum atomic E-state index is 0.506. The largest absolute Gasteiger partial charge is 0.308 e. The number of hydrogen-bond donors (Lipinski definition) is 0. The van der Waals surface area contributed by atoms with E-state index in [1.165, 1.54) is 0 Å². The molecule has 6 aromatic carbocycles. The Morgan fingerprint density at radius 1 is 0.386 bits per heavy atom. The third-order valence-electron chi connectivity index (χ3n) is 8.43. The highest BCUT2D eigenvalue weighted by Crippen LogP contribution is 2.39. The number of nitrogens with zero attached hydrogens (tertiary/aromatic N) is 5. The average molecular weight is 560 g/mol. The molecule has 8 rings (SSSR count). The van der Waals surface area contributed by atoms with Gasteiger partial charge in [-0.2, -0.15) is 15.8 Å². The number of aromatic nitrogens is 2. The topological polar surface area (TPSA) is 81.2 Å². The Morgan fingerprint density at radius 2 is 0.886 bits per heavy atom. The summed E-state index contributed by atoms with van der Waals surface area (Å²) in [6.45, 7) is 0. The molecule has 0 atom stereocenters. The molecular formula is C39H21N5. The number of hydrogen-bond acceptors (Lipinski definition) is 3. The highest BCUT2D eigenvalue weighted by molar-refractivity contribution is 6.12. The van der Waals surface area contributed by atoms with Crippen molar-refractivity contribution in [3.63, 3.8) is 0 Å². The second kappa shape index (κ2) is 9.74. The van der Waals surface area contributed by atoms with Crippen molar-refractivity contribution in [2.24, 2.45) is 0 Å². The van der Waals surface area contributed by atoms with Crippen LogP contribution in [0.15, 0.2) is 127 Å². The summed E-state index contributed by atoms with van der Waals surface area (Å²) in [4.78, 5) is 0. The van der Waals surface area contributed by atoms with Gasteiger partial charge in [0, 0.05) is 21.5 Å². The Balaban J connectivity index is 1.36. The standard InChI is InChI=1S/C39H21N5/c40-22-25-13-14-29(24-42)39(19-25)44-36-12-6-3-9-31(36)33-21-27(16-18-38(33)44)26-15-17-37-32(20-26)30-8-2-5-11-35(30)43(37)34-10-4-1-7-28(34)23-41/h1-21H. The Labute approximate surface area is 252 Å². The molecule has 0 aliphatic rings. The van der Waals surface area contributed by atoms with Gasteiger partial charge in [-0.25, -0.2) is 0 Å². The van der Waals surface area contributed by atoms with E-state index in [4.69, 9.17) is 0 Å². The molecule has 2 aromatic heterocycles. The molecule has 8 aromatic rings. The van der Waals surface area contributed by atoms with Gasteiger partial charge < -0.3 is 9.13 Å². The van der Waals surface area contributed by atoms with Gasteiger partial charge in [0.2, 0.25) is 0 Å². The molecule has 0 unspecified atom stereocenters. The Bertz CT molecular complexity index is 2600. The van der Waals surface area contributed by atoms with Gasteiger partial charge in [-0.15, -0.1) is 0 Å². The van der Waals surface area contributed by atoms with E-state index in [1.54, 1.807) is 18.2 Å². The monoisotopic (exact) mass is 559 g/mol. The lowest BCUT2D eigenvalue weighted by Gasteiger charge is -2.11. The number of fused-ring (bicyclic) bond motifs is 6. The summed E-state index contributed by atoms with van der Waals surface area (Å²) in [6.07, 6.45) is 0. The van der Waals surface area contributed by atoms with Gasteiger partial charge in [0.15, 0.2) is 0 Å². The molecule has 44 heavy (non-hydrogen) atoms. The second-order valence-electron chi connectivity index (χ2n) is 10.8. The summed E-state index contributed by atoms with van der Waals surface area (Å²) in [5.74, 6) is 0. The van der Waals surface area contributed by atoms with Crippen molar-refractivity contribution in [1.82, 2.24) is 9.13 Å². The van der Waals surface area contributed by atoms with Gasteiger partial charge in [-0.3, -0.25) is 0 Å². The van der Waals surface area contributed by atoms with E-state index >= 15 is 0 Å². The van der Waals surface area contributed by atoms with Gasteiger partial charge in [0.25, 0.3) is 0 Å². The molecule has 202 valence electrons. The Kier molecular flexibility index (Phi) is 5.56. The zero-order valence-electron chi connectivity index (χ0n) is 23.4. The number of nitriles is 3. The molecule has 5 heteroatoms. The molecule has 0 fully saturated rings. The first-order valence-electron chi connectivity index (χ1n) is 14.2. The van der Waals surface area contributed by atoms with E-state index in [-0.39, 0.29) is 0 Å². The molecule has 0 spiro atoms. The van der Waals surface area contributed by atoms with Gasteiger partial charge in [-0.1, -0.05) is 60.7 Å². The number of benzene rings is 6. The minimum absolute atomic E-state index is 0.506. The SMILES string of the molecule is N#Cc1ccc(C#N)c(-n2c3ccccc3c3cc(-c4ccc5c(c4)c4ccccc4n5-c4ccccc4C#N)ccc32)c1. The van der Waals surface area contributed by atoms with E-state index in [0.29, 0.717) is 22.4 Å². The fourth-order valence-electron chi connectivity index (χ4n) is 6.47. The highest BCUT2D eigenvalue weighted by atomic mass is 15.0. The van der Waals surface area contributed by atoms with Crippen LogP contribution < -0.4 is 0 Å². The molecule has 5 nitrogen and oxygen atoms in total. The fraction of sp³-hybridized carbons (Fsp3) is 0. The van der Waals surface area contributed by atoms with Crippen molar-refractivity contribution >= 4 is 43.6 Å². The summed E-state index contributed by atoms with van der Waals surface area (Å²) in [5, 5.41) is 33.7. The van der Waals surface area contributed by atoms with E-state index in [2.05, 4.69) is 88.0 Å². The first-order valence-corrected chi connectivity index (χ1v) is 14.2. The molecule has 0 radical (unpaired) electrons. The highest BCUT2D eigenvalue weighted by Gasteiger charge is 2.18. The van der Waals surface area contributed by atoms with Crippen LogP contribution in [0.3, 0.4) is 0 Å². The van der Waals surface area contributed by atoms with Crippen LogP contribution in [0.5, 0.6) is 0 Å².